The highest BCUT2D eigenvalue weighted by atomic mass is 16.5. The van der Waals surface area contributed by atoms with Crippen molar-refractivity contribution in [3.05, 3.63) is 23.3 Å². The molecule has 1 saturated heterocycles. The SMILES string of the molecule is COc1cc(C)cc(O)c1[C@@H]1CCCN1. The smallest absolute Gasteiger partial charge is 0.127 e. The fraction of sp³-hybridized carbons (Fsp3) is 0.500. The van der Waals surface area contributed by atoms with Gasteiger partial charge in [0.15, 0.2) is 0 Å². The second-order valence-corrected chi connectivity index (χ2v) is 4.05. The average Bonchev–Trinajstić information content (AvgIpc) is 2.69. The molecule has 0 aliphatic carbocycles. The first kappa shape index (κ1) is 10.3. The second kappa shape index (κ2) is 4.11. The van der Waals surface area contributed by atoms with Crippen molar-refractivity contribution in [3.63, 3.8) is 0 Å². The number of benzene rings is 1. The largest absolute Gasteiger partial charge is 0.507 e. The van der Waals surface area contributed by atoms with Crippen molar-refractivity contribution in [1.29, 1.82) is 0 Å². The molecule has 0 aromatic heterocycles. The molecule has 1 aliphatic rings. The molecule has 15 heavy (non-hydrogen) atoms. The Kier molecular flexibility index (Phi) is 2.82. The molecule has 1 atom stereocenters. The Morgan fingerprint density at radius 2 is 2.27 bits per heavy atom. The quantitative estimate of drug-likeness (QED) is 0.780. The third kappa shape index (κ3) is 1.92. The fourth-order valence-electron chi connectivity index (χ4n) is 2.20. The topological polar surface area (TPSA) is 41.5 Å². The summed E-state index contributed by atoms with van der Waals surface area (Å²) in [5, 5.41) is 13.3. The average molecular weight is 207 g/mol. The summed E-state index contributed by atoms with van der Waals surface area (Å²) in [7, 11) is 1.65. The van der Waals surface area contributed by atoms with E-state index in [1.807, 2.05) is 13.0 Å². The summed E-state index contributed by atoms with van der Waals surface area (Å²) in [4.78, 5) is 0. The summed E-state index contributed by atoms with van der Waals surface area (Å²) in [6, 6.07) is 3.99. The highest BCUT2D eigenvalue weighted by Gasteiger charge is 2.23. The van der Waals surface area contributed by atoms with Gasteiger partial charge in [-0.1, -0.05) is 0 Å². The zero-order valence-electron chi connectivity index (χ0n) is 9.21. The molecule has 1 aromatic carbocycles. The van der Waals surface area contributed by atoms with Gasteiger partial charge in [-0.05, 0) is 44.0 Å². The minimum Gasteiger partial charge on any atom is -0.507 e. The van der Waals surface area contributed by atoms with E-state index in [9.17, 15) is 5.11 Å². The van der Waals surface area contributed by atoms with Crippen LogP contribution in [0.5, 0.6) is 11.5 Å². The Morgan fingerprint density at radius 1 is 1.47 bits per heavy atom. The van der Waals surface area contributed by atoms with Crippen LogP contribution in [0.2, 0.25) is 0 Å². The maximum Gasteiger partial charge on any atom is 0.127 e. The summed E-state index contributed by atoms with van der Waals surface area (Å²) < 4.78 is 5.32. The van der Waals surface area contributed by atoms with E-state index >= 15 is 0 Å². The van der Waals surface area contributed by atoms with Crippen LogP contribution in [0, 0.1) is 6.92 Å². The first-order valence-corrected chi connectivity index (χ1v) is 5.33. The number of ether oxygens (including phenoxy) is 1. The number of rotatable bonds is 2. The van der Waals surface area contributed by atoms with Crippen LogP contribution in [0.1, 0.15) is 30.0 Å². The van der Waals surface area contributed by atoms with Crippen LogP contribution in [0.15, 0.2) is 12.1 Å². The van der Waals surface area contributed by atoms with Crippen molar-refractivity contribution >= 4 is 0 Å². The molecule has 0 saturated carbocycles. The normalized spacial score (nSPS) is 20.5. The summed E-state index contributed by atoms with van der Waals surface area (Å²) in [6.07, 6.45) is 2.22. The van der Waals surface area contributed by atoms with E-state index in [1.165, 1.54) is 0 Å². The molecule has 1 heterocycles. The van der Waals surface area contributed by atoms with Crippen LogP contribution in [0.25, 0.3) is 0 Å². The van der Waals surface area contributed by atoms with Gasteiger partial charge in [0.1, 0.15) is 11.5 Å². The highest BCUT2D eigenvalue weighted by molar-refractivity contribution is 5.49. The van der Waals surface area contributed by atoms with Gasteiger partial charge in [0, 0.05) is 6.04 Å². The third-order valence-corrected chi connectivity index (χ3v) is 2.89. The van der Waals surface area contributed by atoms with E-state index in [0.717, 1.165) is 36.3 Å². The number of nitrogens with one attached hydrogen (secondary N) is 1. The number of aryl methyl sites for hydroxylation is 1. The number of hydrogen-bond acceptors (Lipinski definition) is 3. The van der Waals surface area contributed by atoms with Crippen LogP contribution in [-0.4, -0.2) is 18.8 Å². The summed E-state index contributed by atoms with van der Waals surface area (Å²) in [6.45, 7) is 2.97. The zero-order valence-corrected chi connectivity index (χ0v) is 9.21. The van der Waals surface area contributed by atoms with E-state index < -0.39 is 0 Å². The summed E-state index contributed by atoms with van der Waals surface area (Å²) in [5.74, 6) is 1.12. The molecule has 0 spiro atoms. The van der Waals surface area contributed by atoms with E-state index in [-0.39, 0.29) is 6.04 Å². The fourth-order valence-corrected chi connectivity index (χ4v) is 2.20. The van der Waals surface area contributed by atoms with Crippen LogP contribution in [-0.2, 0) is 0 Å². The van der Waals surface area contributed by atoms with Gasteiger partial charge in [-0.15, -0.1) is 0 Å². The molecule has 82 valence electrons. The molecule has 3 heteroatoms. The minimum absolute atomic E-state index is 0.237. The molecule has 0 amide bonds. The molecule has 1 fully saturated rings. The van der Waals surface area contributed by atoms with Crippen molar-refractivity contribution in [3.8, 4) is 11.5 Å². The maximum absolute atomic E-state index is 9.94. The Hall–Kier alpha value is -1.22. The first-order chi connectivity index (χ1) is 7.22. The molecule has 1 aromatic rings. The van der Waals surface area contributed by atoms with Gasteiger partial charge in [-0.25, -0.2) is 0 Å². The molecular weight excluding hydrogens is 190 g/mol. The number of phenols is 1. The van der Waals surface area contributed by atoms with Gasteiger partial charge in [0.25, 0.3) is 0 Å². The van der Waals surface area contributed by atoms with Crippen LogP contribution in [0.4, 0.5) is 0 Å². The predicted octanol–water partition coefficient (Wildman–Crippen LogP) is 2.13. The van der Waals surface area contributed by atoms with Gasteiger partial charge >= 0.3 is 0 Å². The van der Waals surface area contributed by atoms with Crippen molar-refractivity contribution in [2.75, 3.05) is 13.7 Å². The van der Waals surface area contributed by atoms with Gasteiger partial charge in [0.2, 0.25) is 0 Å². The predicted molar refractivity (Wildman–Crippen MR) is 59.4 cm³/mol. The molecular formula is C12H17NO2. The number of hydrogen-bond donors (Lipinski definition) is 2. The number of aromatic hydroxyl groups is 1. The van der Waals surface area contributed by atoms with E-state index in [4.69, 9.17) is 4.74 Å². The number of phenolic OH excluding ortho intramolecular Hbond substituents is 1. The lowest BCUT2D eigenvalue weighted by Gasteiger charge is -2.17. The number of methoxy groups -OCH3 is 1. The Bertz CT molecular complexity index is 357. The van der Waals surface area contributed by atoms with Crippen LogP contribution < -0.4 is 10.1 Å². The molecule has 2 N–H and O–H groups in total. The van der Waals surface area contributed by atoms with Gasteiger partial charge in [-0.2, -0.15) is 0 Å². The summed E-state index contributed by atoms with van der Waals surface area (Å²) in [5.41, 5.74) is 1.92. The van der Waals surface area contributed by atoms with Gasteiger partial charge in [0.05, 0.1) is 12.7 Å². The van der Waals surface area contributed by atoms with Crippen molar-refractivity contribution in [2.45, 2.75) is 25.8 Å². The van der Waals surface area contributed by atoms with Crippen LogP contribution >= 0.6 is 0 Å². The lowest BCUT2D eigenvalue weighted by atomic mass is 10.0. The Labute approximate surface area is 90.1 Å². The molecule has 3 nitrogen and oxygen atoms in total. The molecule has 0 bridgehead atoms. The minimum atomic E-state index is 0.237. The van der Waals surface area contributed by atoms with E-state index in [1.54, 1.807) is 13.2 Å². The maximum atomic E-state index is 9.94. The zero-order chi connectivity index (χ0) is 10.8. The molecule has 1 aliphatic heterocycles. The highest BCUT2D eigenvalue weighted by Crippen LogP contribution is 2.38. The van der Waals surface area contributed by atoms with Gasteiger partial charge < -0.3 is 15.2 Å². The first-order valence-electron chi connectivity index (χ1n) is 5.33. The van der Waals surface area contributed by atoms with E-state index in [2.05, 4.69) is 5.32 Å². The molecule has 0 radical (unpaired) electrons. The second-order valence-electron chi connectivity index (χ2n) is 4.05. The standard InChI is InChI=1S/C12H17NO2/c1-8-6-10(14)12(11(7-8)15-2)9-4-3-5-13-9/h6-7,9,13-14H,3-5H2,1-2H3/t9-/m0/s1. The van der Waals surface area contributed by atoms with Crippen molar-refractivity contribution < 1.29 is 9.84 Å². The lowest BCUT2D eigenvalue weighted by Crippen LogP contribution is -2.14. The molecule has 2 rings (SSSR count). The summed E-state index contributed by atoms with van der Waals surface area (Å²) >= 11 is 0. The lowest BCUT2D eigenvalue weighted by molar-refractivity contribution is 0.389. The van der Waals surface area contributed by atoms with Crippen molar-refractivity contribution in [1.82, 2.24) is 5.32 Å². The van der Waals surface area contributed by atoms with Crippen LogP contribution in [0.3, 0.4) is 0 Å². The van der Waals surface area contributed by atoms with Crippen molar-refractivity contribution in [2.24, 2.45) is 0 Å². The molecule has 0 unspecified atom stereocenters. The Balaban J connectivity index is 2.43. The monoisotopic (exact) mass is 207 g/mol. The third-order valence-electron chi connectivity index (χ3n) is 2.89. The van der Waals surface area contributed by atoms with Gasteiger partial charge in [-0.3, -0.25) is 0 Å². The Morgan fingerprint density at radius 3 is 2.87 bits per heavy atom. The van der Waals surface area contributed by atoms with E-state index in [0.29, 0.717) is 5.75 Å².